The van der Waals surface area contributed by atoms with Crippen LogP contribution in [-0.2, 0) is 16.2 Å². The number of rotatable bonds is 8. The van der Waals surface area contributed by atoms with Gasteiger partial charge < -0.3 is 15.4 Å². The first kappa shape index (κ1) is 24.2. The van der Waals surface area contributed by atoms with E-state index in [1.54, 1.807) is 5.48 Å². The average Bonchev–Trinajstić information content (AvgIpc) is 3.36. The van der Waals surface area contributed by atoms with Gasteiger partial charge in [-0.05, 0) is 42.8 Å². The second kappa shape index (κ2) is 11.0. The van der Waals surface area contributed by atoms with E-state index in [0.717, 1.165) is 58.8 Å². The normalized spacial score (nSPS) is 20.4. The molecule has 9 nitrogen and oxygen atoms in total. The van der Waals surface area contributed by atoms with Crippen molar-refractivity contribution in [2.45, 2.75) is 38.0 Å². The topological polar surface area (TPSA) is 117 Å². The molecule has 3 atom stereocenters. The Morgan fingerprint density at radius 2 is 2.06 bits per heavy atom. The Bertz CT molecular complexity index is 1240. The molecule has 9 heteroatoms. The number of benzene rings is 2. The lowest BCUT2D eigenvalue weighted by atomic mass is 9.87. The summed E-state index contributed by atoms with van der Waals surface area (Å²) in [6.07, 6.45) is 1.50. The van der Waals surface area contributed by atoms with Crippen LogP contribution in [0.2, 0.25) is 0 Å². The maximum absolute atomic E-state index is 11.6. The molecule has 1 saturated heterocycles. The largest absolute Gasteiger partial charge is 0.489 e. The molecule has 0 radical (unpaired) electrons. The van der Waals surface area contributed by atoms with Crippen molar-refractivity contribution in [3.05, 3.63) is 83.2 Å². The van der Waals surface area contributed by atoms with E-state index in [-0.39, 0.29) is 18.4 Å². The molecule has 1 aromatic heterocycles. The molecule has 3 heterocycles. The summed E-state index contributed by atoms with van der Waals surface area (Å²) in [5.74, 6) is 0.278. The van der Waals surface area contributed by atoms with Gasteiger partial charge in [-0.15, -0.1) is 0 Å². The zero-order chi connectivity index (χ0) is 24.9. The van der Waals surface area contributed by atoms with Crippen LogP contribution in [0.4, 0.5) is 0 Å². The van der Waals surface area contributed by atoms with Gasteiger partial charge in [-0.25, -0.2) is 5.48 Å². The Morgan fingerprint density at radius 1 is 1.22 bits per heavy atom. The smallest absolute Gasteiger partial charge is 0.246 e. The first-order chi connectivity index (χ1) is 17.6. The summed E-state index contributed by atoms with van der Waals surface area (Å²) in [6, 6.07) is 18.4. The highest BCUT2D eigenvalue weighted by Crippen LogP contribution is 2.32. The SMILES string of the molecule is Cc1cc(COc2ccc(C(C3=CC(CC(=O)NO)ON3)C3CNCCN3)cc2)c2ccccc2n1. The third-order valence-electron chi connectivity index (χ3n) is 6.58. The highest BCUT2D eigenvalue weighted by Gasteiger charge is 2.32. The van der Waals surface area contributed by atoms with Gasteiger partial charge in [0.05, 0.1) is 11.9 Å². The van der Waals surface area contributed by atoms with Crippen LogP contribution in [0, 0.1) is 6.92 Å². The minimum Gasteiger partial charge on any atom is -0.489 e. The van der Waals surface area contributed by atoms with Gasteiger partial charge in [0.1, 0.15) is 18.5 Å². The Morgan fingerprint density at radius 3 is 2.83 bits per heavy atom. The molecule has 2 aliphatic rings. The minimum atomic E-state index is -0.494. The van der Waals surface area contributed by atoms with Crippen LogP contribution in [-0.4, -0.2) is 47.9 Å². The molecule has 0 saturated carbocycles. The number of aryl methyl sites for hydroxylation is 1. The van der Waals surface area contributed by atoms with E-state index in [1.807, 2.05) is 43.3 Å². The van der Waals surface area contributed by atoms with Gasteiger partial charge in [0.2, 0.25) is 5.91 Å². The number of para-hydroxylation sites is 1. The first-order valence-corrected chi connectivity index (χ1v) is 12.2. The van der Waals surface area contributed by atoms with Gasteiger partial charge >= 0.3 is 0 Å². The van der Waals surface area contributed by atoms with Crippen LogP contribution < -0.4 is 26.3 Å². The van der Waals surface area contributed by atoms with Crippen molar-refractivity contribution in [2.24, 2.45) is 0 Å². The molecule has 0 spiro atoms. The number of carbonyl (C=O) groups is 1. The zero-order valence-corrected chi connectivity index (χ0v) is 20.2. The lowest BCUT2D eigenvalue weighted by molar-refractivity contribution is -0.131. The molecule has 2 aromatic carbocycles. The van der Waals surface area contributed by atoms with Crippen LogP contribution >= 0.6 is 0 Å². The highest BCUT2D eigenvalue weighted by molar-refractivity contribution is 5.82. The molecule has 5 N–H and O–H groups in total. The number of amides is 1. The van der Waals surface area contributed by atoms with Crippen molar-refractivity contribution in [3.63, 3.8) is 0 Å². The molecule has 188 valence electrons. The van der Waals surface area contributed by atoms with Crippen molar-refractivity contribution in [1.29, 1.82) is 0 Å². The Balaban J connectivity index is 1.33. The zero-order valence-electron chi connectivity index (χ0n) is 20.2. The lowest BCUT2D eigenvalue weighted by Gasteiger charge is -2.33. The third-order valence-corrected chi connectivity index (χ3v) is 6.58. The van der Waals surface area contributed by atoms with Crippen molar-refractivity contribution >= 4 is 16.8 Å². The summed E-state index contributed by atoms with van der Waals surface area (Å²) in [5, 5.41) is 17.0. The van der Waals surface area contributed by atoms with Crippen LogP contribution in [0.1, 0.15) is 29.2 Å². The molecule has 2 aliphatic heterocycles. The molecular formula is C27H31N5O4. The number of carbonyl (C=O) groups excluding carboxylic acids is 1. The van der Waals surface area contributed by atoms with Gasteiger partial charge in [-0.3, -0.25) is 25.3 Å². The van der Waals surface area contributed by atoms with Crippen molar-refractivity contribution < 1.29 is 19.6 Å². The third kappa shape index (κ3) is 5.50. The second-order valence-corrected chi connectivity index (χ2v) is 9.16. The van der Waals surface area contributed by atoms with Gasteiger partial charge in [0.15, 0.2) is 0 Å². The molecular weight excluding hydrogens is 458 g/mol. The summed E-state index contributed by atoms with van der Waals surface area (Å²) >= 11 is 0. The van der Waals surface area contributed by atoms with Gasteiger partial charge in [0, 0.05) is 53.9 Å². The number of hydroxylamine groups is 2. The molecule has 5 rings (SSSR count). The Kier molecular flexibility index (Phi) is 7.43. The van der Waals surface area contributed by atoms with E-state index < -0.39 is 12.0 Å². The Labute approximate surface area is 209 Å². The number of pyridine rings is 1. The van der Waals surface area contributed by atoms with Crippen LogP contribution in [0.5, 0.6) is 5.75 Å². The van der Waals surface area contributed by atoms with Gasteiger partial charge in [-0.2, -0.15) is 0 Å². The number of aromatic nitrogens is 1. The maximum atomic E-state index is 11.6. The summed E-state index contributed by atoms with van der Waals surface area (Å²) in [4.78, 5) is 21.8. The second-order valence-electron chi connectivity index (χ2n) is 9.16. The fourth-order valence-electron chi connectivity index (χ4n) is 4.89. The number of fused-ring (bicyclic) bond motifs is 1. The first-order valence-electron chi connectivity index (χ1n) is 12.2. The molecule has 0 bridgehead atoms. The summed E-state index contributed by atoms with van der Waals surface area (Å²) in [5.41, 5.74) is 9.70. The number of nitrogens with one attached hydrogen (secondary N) is 4. The predicted octanol–water partition coefficient (Wildman–Crippen LogP) is 2.45. The van der Waals surface area contributed by atoms with Crippen molar-refractivity contribution in [3.8, 4) is 5.75 Å². The number of piperazine rings is 1. The van der Waals surface area contributed by atoms with Crippen LogP contribution in [0.3, 0.4) is 0 Å². The molecule has 1 fully saturated rings. The summed E-state index contributed by atoms with van der Waals surface area (Å²) < 4.78 is 6.16. The molecule has 1 amide bonds. The average molecular weight is 490 g/mol. The fourth-order valence-corrected chi connectivity index (χ4v) is 4.89. The summed E-state index contributed by atoms with van der Waals surface area (Å²) in [7, 11) is 0. The van der Waals surface area contributed by atoms with E-state index >= 15 is 0 Å². The molecule has 0 aliphatic carbocycles. The van der Waals surface area contributed by atoms with E-state index in [0.29, 0.717) is 6.61 Å². The van der Waals surface area contributed by atoms with Crippen LogP contribution in [0.25, 0.3) is 10.9 Å². The van der Waals surface area contributed by atoms with E-state index in [9.17, 15) is 4.79 Å². The highest BCUT2D eigenvalue weighted by atomic mass is 16.7. The number of ether oxygens (including phenoxy) is 1. The fraction of sp³-hybridized carbons (Fsp3) is 0.333. The Hall–Kier alpha value is -3.50. The van der Waals surface area contributed by atoms with Gasteiger partial charge in [0.25, 0.3) is 0 Å². The number of hydrogen-bond donors (Lipinski definition) is 5. The van der Waals surface area contributed by atoms with E-state index in [1.165, 1.54) is 0 Å². The van der Waals surface area contributed by atoms with E-state index in [4.69, 9.17) is 14.8 Å². The molecule has 3 aromatic rings. The molecule has 3 unspecified atom stereocenters. The quantitative estimate of drug-likeness (QED) is 0.242. The van der Waals surface area contributed by atoms with Crippen LogP contribution in [0.15, 0.2) is 66.4 Å². The van der Waals surface area contributed by atoms with Crippen molar-refractivity contribution in [1.82, 2.24) is 26.6 Å². The number of nitrogens with zero attached hydrogens (tertiary/aromatic N) is 1. The number of hydrogen-bond acceptors (Lipinski definition) is 8. The van der Waals surface area contributed by atoms with Crippen molar-refractivity contribution in [2.75, 3.05) is 19.6 Å². The predicted molar refractivity (Wildman–Crippen MR) is 135 cm³/mol. The monoisotopic (exact) mass is 489 g/mol. The lowest BCUT2D eigenvalue weighted by Crippen LogP contribution is -2.52. The van der Waals surface area contributed by atoms with Gasteiger partial charge in [-0.1, -0.05) is 30.3 Å². The minimum absolute atomic E-state index is 0.0131. The summed E-state index contributed by atoms with van der Waals surface area (Å²) in [6.45, 7) is 5.04. The maximum Gasteiger partial charge on any atom is 0.246 e. The molecule has 36 heavy (non-hydrogen) atoms. The standard InChI is InChI=1S/C27H31N5O4/c1-17-12-19(22-4-2-3-5-23(22)30-17)16-35-20-8-6-18(7-9-20)27(25-15-28-10-11-29-25)24-13-21(36-32-24)14-26(33)31-34/h2-9,12-13,21,25,27-29,32,34H,10-11,14-16H2,1H3,(H,31,33). The van der Waals surface area contributed by atoms with E-state index in [2.05, 4.69) is 45.4 Å².